The Kier molecular flexibility index (Phi) is 4.29. The molecule has 0 unspecified atom stereocenters. The summed E-state index contributed by atoms with van der Waals surface area (Å²) < 4.78 is 21.7. The van der Waals surface area contributed by atoms with Gasteiger partial charge in [-0.25, -0.2) is 9.37 Å². The Morgan fingerprint density at radius 2 is 2.17 bits per heavy atom. The predicted octanol–water partition coefficient (Wildman–Crippen LogP) is 3.59. The van der Waals surface area contributed by atoms with E-state index < -0.39 is 0 Å². The van der Waals surface area contributed by atoms with Crippen molar-refractivity contribution in [3.63, 3.8) is 0 Å². The minimum absolute atomic E-state index is 0.260. The van der Waals surface area contributed by atoms with Crippen molar-refractivity contribution in [1.29, 1.82) is 5.26 Å². The summed E-state index contributed by atoms with van der Waals surface area (Å²) >= 11 is 0. The number of aryl methyl sites for hydroxylation is 1. The van der Waals surface area contributed by atoms with Crippen molar-refractivity contribution >= 4 is 16.6 Å². The zero-order valence-corrected chi connectivity index (χ0v) is 16.2. The molecule has 0 radical (unpaired) electrons. The second-order valence-corrected chi connectivity index (χ2v) is 7.05. The summed E-state index contributed by atoms with van der Waals surface area (Å²) in [5, 5.41) is 18.3. The Morgan fingerprint density at radius 3 is 3.00 bits per heavy atom. The highest BCUT2D eigenvalue weighted by molar-refractivity contribution is 6.00. The topological polar surface area (TPSA) is 88.7 Å². The third-order valence-corrected chi connectivity index (χ3v) is 5.33. The minimum atomic E-state index is -0.260. The van der Waals surface area contributed by atoms with Crippen LogP contribution in [0.5, 0.6) is 5.75 Å². The molecule has 1 N–H and O–H groups in total. The lowest BCUT2D eigenvalue weighted by atomic mass is 10.0. The maximum absolute atomic E-state index is 14.5. The van der Waals surface area contributed by atoms with E-state index in [-0.39, 0.29) is 5.82 Å². The van der Waals surface area contributed by atoms with Gasteiger partial charge >= 0.3 is 0 Å². The first kappa shape index (κ1) is 18.1. The highest BCUT2D eigenvalue weighted by Gasteiger charge is 2.20. The zero-order valence-electron chi connectivity index (χ0n) is 16.2. The van der Waals surface area contributed by atoms with Gasteiger partial charge in [0.05, 0.1) is 12.3 Å². The standard InChI is InChI=1S/C22H17FN6O/c1-29-20(8-13(9-24)28-29)17-12-27-22(18-10-25-6-4-14(17)18)26-11-16-15-5-7-30-21(15)3-2-19(16)23/h2-4,6,8,10,12H,5,7,11H2,1H3,(H,26,27). The number of aromatic nitrogens is 4. The first-order chi connectivity index (χ1) is 14.7. The highest BCUT2D eigenvalue weighted by Crippen LogP contribution is 2.33. The monoisotopic (exact) mass is 400 g/mol. The number of fused-ring (bicyclic) bond motifs is 2. The van der Waals surface area contributed by atoms with Gasteiger partial charge in [0.2, 0.25) is 0 Å². The summed E-state index contributed by atoms with van der Waals surface area (Å²) in [4.78, 5) is 8.80. The minimum Gasteiger partial charge on any atom is -0.493 e. The Morgan fingerprint density at radius 1 is 1.27 bits per heavy atom. The van der Waals surface area contributed by atoms with E-state index >= 15 is 0 Å². The Hall–Kier alpha value is -3.99. The number of benzene rings is 1. The molecule has 4 aromatic rings. The van der Waals surface area contributed by atoms with Gasteiger partial charge in [-0.2, -0.15) is 10.4 Å². The van der Waals surface area contributed by atoms with E-state index in [4.69, 9.17) is 10.00 Å². The fourth-order valence-electron chi connectivity index (χ4n) is 3.88. The third-order valence-electron chi connectivity index (χ3n) is 5.33. The van der Waals surface area contributed by atoms with Crippen molar-refractivity contribution < 1.29 is 9.13 Å². The summed E-state index contributed by atoms with van der Waals surface area (Å²) in [7, 11) is 1.79. The first-order valence-corrected chi connectivity index (χ1v) is 9.50. The number of nitrogens with one attached hydrogen (secondary N) is 1. The van der Waals surface area contributed by atoms with Crippen molar-refractivity contribution in [2.45, 2.75) is 13.0 Å². The molecule has 7 nitrogen and oxygen atoms in total. The quantitative estimate of drug-likeness (QED) is 0.563. The number of anilines is 1. The van der Waals surface area contributed by atoms with Gasteiger partial charge in [0.15, 0.2) is 5.69 Å². The molecule has 0 bridgehead atoms. The van der Waals surface area contributed by atoms with Crippen molar-refractivity contribution in [2.24, 2.45) is 7.05 Å². The van der Waals surface area contributed by atoms with Crippen LogP contribution in [0.3, 0.4) is 0 Å². The van der Waals surface area contributed by atoms with Gasteiger partial charge in [-0.05, 0) is 23.6 Å². The normalized spacial score (nSPS) is 12.4. The molecule has 0 atom stereocenters. The Balaban J connectivity index is 1.54. The van der Waals surface area contributed by atoms with Crippen LogP contribution in [0.2, 0.25) is 0 Å². The van der Waals surface area contributed by atoms with E-state index in [0.29, 0.717) is 36.6 Å². The lowest BCUT2D eigenvalue weighted by molar-refractivity contribution is 0.356. The molecule has 8 heteroatoms. The van der Waals surface area contributed by atoms with E-state index in [9.17, 15) is 4.39 Å². The highest BCUT2D eigenvalue weighted by atomic mass is 19.1. The van der Waals surface area contributed by atoms with Gasteiger partial charge in [0.25, 0.3) is 0 Å². The number of ether oxygens (including phenoxy) is 1. The number of halogens is 1. The molecule has 1 aliphatic rings. The molecule has 1 aromatic carbocycles. The molecule has 0 saturated carbocycles. The van der Waals surface area contributed by atoms with E-state index in [1.807, 2.05) is 6.07 Å². The van der Waals surface area contributed by atoms with E-state index in [0.717, 1.165) is 33.3 Å². The molecule has 4 heterocycles. The van der Waals surface area contributed by atoms with Crippen molar-refractivity contribution in [1.82, 2.24) is 19.7 Å². The second-order valence-electron chi connectivity index (χ2n) is 7.05. The molecule has 0 amide bonds. The first-order valence-electron chi connectivity index (χ1n) is 9.50. The van der Waals surface area contributed by atoms with Gasteiger partial charge in [-0.3, -0.25) is 9.67 Å². The smallest absolute Gasteiger partial charge is 0.163 e. The third kappa shape index (κ3) is 2.92. The van der Waals surface area contributed by atoms with Crippen LogP contribution in [-0.4, -0.2) is 26.4 Å². The van der Waals surface area contributed by atoms with Crippen LogP contribution in [-0.2, 0) is 20.0 Å². The number of hydrogen-bond acceptors (Lipinski definition) is 6. The maximum atomic E-state index is 14.5. The Labute approximate surface area is 171 Å². The number of pyridine rings is 2. The van der Waals surface area contributed by atoms with Crippen LogP contribution in [0.15, 0.2) is 42.9 Å². The van der Waals surface area contributed by atoms with E-state index in [1.165, 1.54) is 6.07 Å². The van der Waals surface area contributed by atoms with Crippen LogP contribution >= 0.6 is 0 Å². The lowest BCUT2D eigenvalue weighted by Crippen LogP contribution is -2.07. The summed E-state index contributed by atoms with van der Waals surface area (Å²) in [6.45, 7) is 0.861. The zero-order chi connectivity index (χ0) is 20.7. The van der Waals surface area contributed by atoms with Crippen molar-refractivity contribution in [2.75, 3.05) is 11.9 Å². The number of rotatable bonds is 4. The molecule has 5 rings (SSSR count). The predicted molar refractivity (Wildman–Crippen MR) is 109 cm³/mol. The number of hydrogen-bond donors (Lipinski definition) is 1. The molecular weight excluding hydrogens is 383 g/mol. The van der Waals surface area contributed by atoms with Crippen molar-refractivity contribution in [3.05, 3.63) is 65.5 Å². The second kappa shape index (κ2) is 7.12. The van der Waals surface area contributed by atoms with Crippen LogP contribution in [0, 0.1) is 17.1 Å². The molecule has 0 fully saturated rings. The fourth-order valence-corrected chi connectivity index (χ4v) is 3.88. The van der Waals surface area contributed by atoms with Gasteiger partial charge in [-0.1, -0.05) is 0 Å². The van der Waals surface area contributed by atoms with Crippen LogP contribution in [0.1, 0.15) is 16.8 Å². The van der Waals surface area contributed by atoms with Crippen LogP contribution < -0.4 is 10.1 Å². The molecule has 30 heavy (non-hydrogen) atoms. The molecular formula is C22H17FN6O. The molecule has 0 aliphatic carbocycles. The molecule has 148 valence electrons. The number of nitriles is 1. The van der Waals surface area contributed by atoms with Crippen molar-refractivity contribution in [3.8, 4) is 23.1 Å². The van der Waals surface area contributed by atoms with E-state index in [2.05, 4.69) is 26.5 Å². The molecule has 1 aliphatic heterocycles. The molecule has 3 aromatic heterocycles. The van der Waals surface area contributed by atoms with Gasteiger partial charge in [-0.15, -0.1) is 0 Å². The van der Waals surface area contributed by atoms with Gasteiger partial charge in [0.1, 0.15) is 23.5 Å². The largest absolute Gasteiger partial charge is 0.493 e. The summed E-state index contributed by atoms with van der Waals surface area (Å²) in [6.07, 6.45) is 5.86. The average molecular weight is 400 g/mol. The van der Waals surface area contributed by atoms with Gasteiger partial charge < -0.3 is 10.1 Å². The van der Waals surface area contributed by atoms with Gasteiger partial charge in [0, 0.05) is 66.7 Å². The van der Waals surface area contributed by atoms with Crippen LogP contribution in [0.25, 0.3) is 22.0 Å². The summed E-state index contributed by atoms with van der Waals surface area (Å²) in [6, 6.07) is 8.80. The Bertz CT molecular complexity index is 1320. The number of nitrogens with zero attached hydrogens (tertiary/aromatic N) is 5. The summed E-state index contributed by atoms with van der Waals surface area (Å²) in [5.74, 6) is 1.10. The van der Waals surface area contributed by atoms with E-state index in [1.54, 1.807) is 42.5 Å². The van der Waals surface area contributed by atoms with Crippen LogP contribution in [0.4, 0.5) is 10.2 Å². The fraction of sp³-hybridized carbons (Fsp3) is 0.182. The molecule has 0 spiro atoms. The summed E-state index contributed by atoms with van der Waals surface area (Å²) in [5.41, 5.74) is 3.46. The maximum Gasteiger partial charge on any atom is 0.163 e. The SMILES string of the molecule is Cn1nc(C#N)cc1-c1cnc(NCc2c(F)ccc3c2CCO3)c2cnccc12. The average Bonchev–Trinajstić information content (AvgIpc) is 3.39. The lowest BCUT2D eigenvalue weighted by Gasteiger charge is -2.14. The molecule has 0 saturated heterocycles.